The SMILES string of the molecule is CCC(C)Nc1cc(C#N)nc(C)n1. The van der Waals surface area contributed by atoms with Gasteiger partial charge < -0.3 is 5.32 Å². The van der Waals surface area contributed by atoms with Crippen LogP contribution in [0.3, 0.4) is 0 Å². The van der Waals surface area contributed by atoms with Crippen molar-refractivity contribution in [1.29, 1.82) is 5.26 Å². The lowest BCUT2D eigenvalue weighted by atomic mass is 10.2. The van der Waals surface area contributed by atoms with Gasteiger partial charge in [-0.15, -0.1) is 0 Å². The zero-order valence-electron chi connectivity index (χ0n) is 8.70. The summed E-state index contributed by atoms with van der Waals surface area (Å²) in [5.74, 6) is 1.35. The topological polar surface area (TPSA) is 61.6 Å². The summed E-state index contributed by atoms with van der Waals surface area (Å²) in [5, 5.41) is 11.9. The highest BCUT2D eigenvalue weighted by atomic mass is 15.0. The van der Waals surface area contributed by atoms with E-state index in [9.17, 15) is 0 Å². The van der Waals surface area contributed by atoms with Crippen LogP contribution >= 0.6 is 0 Å². The van der Waals surface area contributed by atoms with E-state index in [1.54, 1.807) is 13.0 Å². The number of nitrogens with one attached hydrogen (secondary N) is 1. The first-order chi connectivity index (χ1) is 6.65. The molecule has 1 aromatic heterocycles. The van der Waals surface area contributed by atoms with Gasteiger partial charge in [0.15, 0.2) is 0 Å². The third kappa shape index (κ3) is 2.70. The normalized spacial score (nSPS) is 11.9. The standard InChI is InChI=1S/C10H14N4/c1-4-7(2)12-10-5-9(6-11)13-8(3)14-10/h5,7H,4H2,1-3H3,(H,12,13,14). The molecule has 1 unspecified atom stereocenters. The Kier molecular flexibility index (Phi) is 3.41. The second-order valence-corrected chi connectivity index (χ2v) is 3.25. The van der Waals surface area contributed by atoms with Crippen LogP contribution in [0.5, 0.6) is 0 Å². The Morgan fingerprint density at radius 2 is 2.29 bits per heavy atom. The maximum absolute atomic E-state index is 8.71. The smallest absolute Gasteiger partial charge is 0.146 e. The highest BCUT2D eigenvalue weighted by Crippen LogP contribution is 2.08. The molecule has 1 rings (SSSR count). The minimum Gasteiger partial charge on any atom is -0.367 e. The highest BCUT2D eigenvalue weighted by molar-refractivity contribution is 5.40. The fraction of sp³-hybridized carbons (Fsp3) is 0.500. The largest absolute Gasteiger partial charge is 0.367 e. The molecule has 14 heavy (non-hydrogen) atoms. The molecule has 0 saturated carbocycles. The predicted octanol–water partition coefficient (Wildman–Crippen LogP) is 1.87. The quantitative estimate of drug-likeness (QED) is 0.790. The van der Waals surface area contributed by atoms with Crippen molar-refractivity contribution < 1.29 is 0 Å². The first kappa shape index (κ1) is 10.5. The van der Waals surface area contributed by atoms with Gasteiger partial charge in [-0.3, -0.25) is 0 Å². The first-order valence-corrected chi connectivity index (χ1v) is 4.68. The van der Waals surface area contributed by atoms with Crippen molar-refractivity contribution >= 4 is 5.82 Å². The lowest BCUT2D eigenvalue weighted by Gasteiger charge is -2.12. The van der Waals surface area contributed by atoms with E-state index in [-0.39, 0.29) is 0 Å². The average Bonchev–Trinajstić information content (AvgIpc) is 2.16. The summed E-state index contributed by atoms with van der Waals surface area (Å²) in [6.07, 6.45) is 1.02. The molecule has 1 aromatic rings. The van der Waals surface area contributed by atoms with Gasteiger partial charge in [0.1, 0.15) is 23.4 Å². The molecule has 1 atom stereocenters. The van der Waals surface area contributed by atoms with E-state index in [1.807, 2.05) is 6.07 Å². The summed E-state index contributed by atoms with van der Waals surface area (Å²) < 4.78 is 0. The van der Waals surface area contributed by atoms with Crippen molar-refractivity contribution in [1.82, 2.24) is 9.97 Å². The molecule has 0 bridgehead atoms. The van der Waals surface area contributed by atoms with E-state index in [0.29, 0.717) is 17.6 Å². The Bertz CT molecular complexity index is 354. The summed E-state index contributed by atoms with van der Waals surface area (Å²) in [4.78, 5) is 8.17. The molecule has 4 nitrogen and oxygen atoms in total. The van der Waals surface area contributed by atoms with Crippen molar-refractivity contribution in [2.24, 2.45) is 0 Å². The van der Waals surface area contributed by atoms with Crippen LogP contribution in [-0.4, -0.2) is 16.0 Å². The van der Waals surface area contributed by atoms with Crippen LogP contribution < -0.4 is 5.32 Å². The van der Waals surface area contributed by atoms with Gasteiger partial charge in [0, 0.05) is 12.1 Å². The molecule has 0 saturated heterocycles. The van der Waals surface area contributed by atoms with E-state index in [4.69, 9.17) is 5.26 Å². The molecule has 4 heteroatoms. The fourth-order valence-electron chi connectivity index (χ4n) is 1.05. The lowest BCUT2D eigenvalue weighted by Crippen LogP contribution is -2.15. The van der Waals surface area contributed by atoms with Crippen molar-refractivity contribution in [3.8, 4) is 6.07 Å². The molecular weight excluding hydrogens is 176 g/mol. The maximum atomic E-state index is 8.71. The molecule has 0 aliphatic heterocycles. The number of hydrogen-bond donors (Lipinski definition) is 1. The van der Waals surface area contributed by atoms with Crippen molar-refractivity contribution in [2.75, 3.05) is 5.32 Å². The van der Waals surface area contributed by atoms with Crippen LogP contribution in [0.25, 0.3) is 0 Å². The molecule has 0 radical (unpaired) electrons. The summed E-state index contributed by atoms with van der Waals surface area (Å²) >= 11 is 0. The monoisotopic (exact) mass is 190 g/mol. The molecule has 0 aromatic carbocycles. The van der Waals surface area contributed by atoms with Crippen molar-refractivity contribution in [3.05, 3.63) is 17.6 Å². The highest BCUT2D eigenvalue weighted by Gasteiger charge is 2.03. The Labute approximate surface area is 84.0 Å². The lowest BCUT2D eigenvalue weighted by molar-refractivity contribution is 0.757. The van der Waals surface area contributed by atoms with Crippen LogP contribution in [-0.2, 0) is 0 Å². The van der Waals surface area contributed by atoms with Crippen LogP contribution in [0.2, 0.25) is 0 Å². The third-order valence-corrected chi connectivity index (χ3v) is 1.96. The summed E-state index contributed by atoms with van der Waals surface area (Å²) in [6.45, 7) is 5.95. The summed E-state index contributed by atoms with van der Waals surface area (Å²) in [7, 11) is 0. The molecule has 1 heterocycles. The van der Waals surface area contributed by atoms with E-state index in [0.717, 1.165) is 12.2 Å². The van der Waals surface area contributed by atoms with E-state index < -0.39 is 0 Å². The molecule has 0 aliphatic carbocycles. The molecule has 74 valence electrons. The van der Waals surface area contributed by atoms with Gasteiger partial charge in [-0.25, -0.2) is 9.97 Å². The fourth-order valence-corrected chi connectivity index (χ4v) is 1.05. The Morgan fingerprint density at radius 1 is 1.57 bits per heavy atom. The number of nitrogens with zero attached hydrogens (tertiary/aromatic N) is 3. The maximum Gasteiger partial charge on any atom is 0.146 e. The predicted molar refractivity (Wildman–Crippen MR) is 54.9 cm³/mol. The number of anilines is 1. The molecule has 0 amide bonds. The average molecular weight is 190 g/mol. The van der Waals surface area contributed by atoms with Gasteiger partial charge in [0.05, 0.1) is 0 Å². The zero-order valence-corrected chi connectivity index (χ0v) is 8.70. The van der Waals surface area contributed by atoms with Gasteiger partial charge in [0.2, 0.25) is 0 Å². The number of nitriles is 1. The van der Waals surface area contributed by atoms with Gasteiger partial charge >= 0.3 is 0 Å². The Hall–Kier alpha value is -1.63. The van der Waals surface area contributed by atoms with Crippen LogP contribution in [0.15, 0.2) is 6.07 Å². The summed E-state index contributed by atoms with van der Waals surface area (Å²) in [6, 6.07) is 4.03. The van der Waals surface area contributed by atoms with Crippen molar-refractivity contribution in [2.45, 2.75) is 33.2 Å². The van der Waals surface area contributed by atoms with Gasteiger partial charge in [0.25, 0.3) is 0 Å². The van der Waals surface area contributed by atoms with Crippen molar-refractivity contribution in [3.63, 3.8) is 0 Å². The molecular formula is C10H14N4. The number of hydrogen-bond acceptors (Lipinski definition) is 4. The molecule has 0 aliphatic rings. The van der Waals surface area contributed by atoms with Gasteiger partial charge in [-0.1, -0.05) is 6.92 Å². The van der Waals surface area contributed by atoms with E-state index >= 15 is 0 Å². The minimum absolute atomic E-state index is 0.357. The Morgan fingerprint density at radius 3 is 2.86 bits per heavy atom. The second-order valence-electron chi connectivity index (χ2n) is 3.25. The van der Waals surface area contributed by atoms with Crippen LogP contribution in [0.1, 0.15) is 31.8 Å². The summed E-state index contributed by atoms with van der Waals surface area (Å²) in [5.41, 5.74) is 0.406. The number of aryl methyl sites for hydroxylation is 1. The second kappa shape index (κ2) is 4.56. The van der Waals surface area contributed by atoms with Crippen LogP contribution in [0.4, 0.5) is 5.82 Å². The third-order valence-electron chi connectivity index (χ3n) is 1.96. The van der Waals surface area contributed by atoms with Gasteiger partial charge in [-0.05, 0) is 20.3 Å². The van der Waals surface area contributed by atoms with E-state index in [2.05, 4.69) is 29.1 Å². The molecule has 1 N–H and O–H groups in total. The minimum atomic E-state index is 0.357. The number of rotatable bonds is 3. The molecule has 0 spiro atoms. The first-order valence-electron chi connectivity index (χ1n) is 4.68. The Balaban J connectivity index is 2.88. The van der Waals surface area contributed by atoms with E-state index in [1.165, 1.54) is 0 Å². The van der Waals surface area contributed by atoms with Crippen LogP contribution in [0, 0.1) is 18.3 Å². The molecule has 0 fully saturated rings. The zero-order chi connectivity index (χ0) is 10.6. The number of aromatic nitrogens is 2. The van der Waals surface area contributed by atoms with Gasteiger partial charge in [-0.2, -0.15) is 5.26 Å².